The lowest BCUT2D eigenvalue weighted by molar-refractivity contribution is 0.0690. The maximum absolute atomic E-state index is 12.0. The number of carboxylic acids is 1. The second-order valence-electron chi connectivity index (χ2n) is 4.05. The predicted molar refractivity (Wildman–Crippen MR) is 86.2 cm³/mol. The number of carboxylic acid groups (broad SMARTS) is 1. The third-order valence-electron chi connectivity index (χ3n) is 2.56. The Morgan fingerprint density at radius 3 is 2.86 bits per heavy atom. The molecule has 21 heavy (non-hydrogen) atoms. The van der Waals surface area contributed by atoms with Crippen molar-refractivity contribution in [2.75, 3.05) is 6.54 Å². The van der Waals surface area contributed by atoms with Gasteiger partial charge in [-0.2, -0.15) is 0 Å². The van der Waals surface area contributed by atoms with Crippen molar-refractivity contribution in [3.8, 4) is 0 Å². The van der Waals surface area contributed by atoms with E-state index in [9.17, 15) is 9.59 Å². The second kappa shape index (κ2) is 6.98. The van der Waals surface area contributed by atoms with Crippen molar-refractivity contribution < 1.29 is 14.7 Å². The number of carbonyl (C=O) groups excluding carboxylic acids is 1. The molecule has 0 bridgehead atoms. The van der Waals surface area contributed by atoms with Gasteiger partial charge >= 0.3 is 5.97 Å². The van der Waals surface area contributed by atoms with E-state index in [1.807, 2.05) is 12.1 Å². The largest absolute Gasteiger partial charge is 0.476 e. The summed E-state index contributed by atoms with van der Waals surface area (Å²) in [6.07, 6.45) is 1.32. The highest BCUT2D eigenvalue weighted by Crippen LogP contribution is 2.19. The highest BCUT2D eigenvalue weighted by atomic mass is 127. The molecule has 0 aliphatic heterocycles. The average molecular weight is 465 g/mol. The van der Waals surface area contributed by atoms with Crippen molar-refractivity contribution in [2.24, 2.45) is 0 Å². The fourth-order valence-electron chi connectivity index (χ4n) is 1.56. The molecule has 2 N–H and O–H groups in total. The number of hydrogen-bond acceptors (Lipinski definition) is 4. The maximum atomic E-state index is 12.0. The Kier molecular flexibility index (Phi) is 5.28. The van der Waals surface area contributed by atoms with Gasteiger partial charge in [-0.15, -0.1) is 5.10 Å². The topological polar surface area (TPSA) is 97.1 Å². The highest BCUT2D eigenvalue weighted by molar-refractivity contribution is 14.1. The number of carbonyl (C=O) groups is 2. The molecule has 1 aromatic carbocycles. The Labute approximate surface area is 142 Å². The molecule has 110 valence electrons. The Balaban J connectivity index is 1.92. The summed E-state index contributed by atoms with van der Waals surface area (Å²) in [4.78, 5) is 22.7. The molecule has 0 unspecified atom stereocenters. The van der Waals surface area contributed by atoms with Crippen LogP contribution in [0.3, 0.4) is 0 Å². The molecule has 0 saturated carbocycles. The minimum atomic E-state index is -1.13. The summed E-state index contributed by atoms with van der Waals surface area (Å²) in [5, 5.41) is 18.6. The van der Waals surface area contributed by atoms with E-state index in [0.717, 1.165) is 3.57 Å². The number of benzene rings is 1. The van der Waals surface area contributed by atoms with E-state index >= 15 is 0 Å². The lowest BCUT2D eigenvalue weighted by Crippen LogP contribution is -2.27. The van der Waals surface area contributed by atoms with Crippen molar-refractivity contribution in [1.82, 2.24) is 20.3 Å². The van der Waals surface area contributed by atoms with Crippen molar-refractivity contribution in [3.63, 3.8) is 0 Å². The van der Waals surface area contributed by atoms with Gasteiger partial charge in [-0.25, -0.2) is 9.48 Å². The van der Waals surface area contributed by atoms with Crippen LogP contribution in [0.4, 0.5) is 0 Å². The number of aromatic nitrogens is 3. The number of halogens is 2. The van der Waals surface area contributed by atoms with Crippen LogP contribution in [0.5, 0.6) is 0 Å². The summed E-state index contributed by atoms with van der Waals surface area (Å²) in [6.45, 7) is 0.659. The highest BCUT2D eigenvalue weighted by Gasteiger charge is 2.11. The zero-order valence-electron chi connectivity index (χ0n) is 10.6. The first-order valence-corrected chi connectivity index (χ1v) is 7.71. The monoisotopic (exact) mass is 464 g/mol. The van der Waals surface area contributed by atoms with Gasteiger partial charge in [-0.3, -0.25) is 4.79 Å². The van der Waals surface area contributed by atoms with Crippen LogP contribution < -0.4 is 5.32 Å². The Bertz CT molecular complexity index is 689. The smallest absolute Gasteiger partial charge is 0.358 e. The van der Waals surface area contributed by atoms with E-state index in [0.29, 0.717) is 23.1 Å². The Morgan fingerprint density at radius 2 is 2.19 bits per heavy atom. The number of aromatic carboxylic acids is 1. The Morgan fingerprint density at radius 1 is 1.43 bits per heavy atom. The van der Waals surface area contributed by atoms with Crippen LogP contribution in [-0.2, 0) is 6.54 Å². The van der Waals surface area contributed by atoms with E-state index in [4.69, 9.17) is 5.11 Å². The number of nitrogens with one attached hydrogen (secondary N) is 1. The molecule has 0 fully saturated rings. The van der Waals surface area contributed by atoms with Gasteiger partial charge in [0.05, 0.1) is 18.3 Å². The van der Waals surface area contributed by atoms with Gasteiger partial charge in [0, 0.05) is 14.6 Å². The van der Waals surface area contributed by atoms with Crippen LogP contribution >= 0.6 is 38.5 Å². The molecule has 0 aliphatic rings. The van der Waals surface area contributed by atoms with Crippen LogP contribution in [0.2, 0.25) is 0 Å². The average Bonchev–Trinajstić information content (AvgIpc) is 2.90. The molecule has 1 aromatic heterocycles. The summed E-state index contributed by atoms with van der Waals surface area (Å²) >= 11 is 5.46. The molecule has 1 amide bonds. The van der Waals surface area contributed by atoms with Gasteiger partial charge < -0.3 is 10.4 Å². The summed E-state index contributed by atoms with van der Waals surface area (Å²) in [5.74, 6) is -1.34. The van der Waals surface area contributed by atoms with Crippen LogP contribution in [0.25, 0.3) is 0 Å². The summed E-state index contributed by atoms with van der Waals surface area (Å²) in [5.41, 5.74) is 0.424. The van der Waals surface area contributed by atoms with E-state index in [-0.39, 0.29) is 11.6 Å². The zero-order chi connectivity index (χ0) is 15.4. The zero-order valence-corrected chi connectivity index (χ0v) is 14.3. The molecule has 1 heterocycles. The molecule has 0 atom stereocenters. The van der Waals surface area contributed by atoms with Crippen LogP contribution in [0.15, 0.2) is 28.9 Å². The number of amides is 1. The fraction of sp³-hybridized carbons (Fsp3) is 0.167. The quantitative estimate of drug-likeness (QED) is 0.657. The SMILES string of the molecule is O=C(O)c1cn(CCNC(=O)c2cc(I)ccc2Br)nn1. The third-order valence-corrected chi connectivity index (χ3v) is 3.92. The van der Waals surface area contributed by atoms with Gasteiger partial charge in [-0.05, 0) is 56.7 Å². The first-order chi connectivity index (χ1) is 9.97. The van der Waals surface area contributed by atoms with Crippen molar-refractivity contribution in [3.05, 3.63) is 43.7 Å². The number of nitrogens with zero attached hydrogens (tertiary/aromatic N) is 3. The van der Waals surface area contributed by atoms with Crippen molar-refractivity contribution >= 4 is 50.4 Å². The number of rotatable bonds is 5. The molecular formula is C12H10BrIN4O3. The van der Waals surface area contributed by atoms with Crippen LogP contribution in [-0.4, -0.2) is 38.5 Å². The fourth-order valence-corrected chi connectivity index (χ4v) is 2.47. The van der Waals surface area contributed by atoms with E-state index in [1.165, 1.54) is 10.9 Å². The van der Waals surface area contributed by atoms with Gasteiger partial charge in [-0.1, -0.05) is 5.21 Å². The predicted octanol–water partition coefficient (Wildman–Crippen LogP) is 1.77. The van der Waals surface area contributed by atoms with Crippen molar-refractivity contribution in [1.29, 1.82) is 0 Å². The van der Waals surface area contributed by atoms with Crippen LogP contribution in [0.1, 0.15) is 20.8 Å². The van der Waals surface area contributed by atoms with Gasteiger partial charge in [0.15, 0.2) is 5.69 Å². The summed E-state index contributed by atoms with van der Waals surface area (Å²) in [6, 6.07) is 5.48. The van der Waals surface area contributed by atoms with E-state index in [2.05, 4.69) is 54.1 Å². The maximum Gasteiger partial charge on any atom is 0.358 e. The van der Waals surface area contributed by atoms with Gasteiger partial charge in [0.1, 0.15) is 0 Å². The summed E-state index contributed by atoms with van der Waals surface area (Å²) in [7, 11) is 0. The number of hydrogen-bond donors (Lipinski definition) is 2. The standard InChI is InChI=1S/C12H10BrIN4O3/c13-9-2-1-7(14)5-8(9)11(19)15-3-4-18-6-10(12(20)21)16-17-18/h1-2,5-6H,3-4H2,(H,15,19)(H,20,21). The first-order valence-electron chi connectivity index (χ1n) is 5.84. The first kappa shape index (κ1) is 15.9. The minimum absolute atomic E-state index is 0.123. The normalized spacial score (nSPS) is 10.4. The van der Waals surface area contributed by atoms with Crippen LogP contribution in [0, 0.1) is 3.57 Å². The lowest BCUT2D eigenvalue weighted by Gasteiger charge is -2.07. The second-order valence-corrected chi connectivity index (χ2v) is 6.15. The minimum Gasteiger partial charge on any atom is -0.476 e. The molecule has 7 nitrogen and oxygen atoms in total. The molecule has 2 aromatic rings. The van der Waals surface area contributed by atoms with Gasteiger partial charge in [0.2, 0.25) is 0 Å². The summed E-state index contributed by atoms with van der Waals surface area (Å²) < 4.78 is 3.05. The molecular weight excluding hydrogens is 455 g/mol. The molecule has 0 saturated heterocycles. The third kappa shape index (κ3) is 4.24. The van der Waals surface area contributed by atoms with Gasteiger partial charge in [0.25, 0.3) is 5.91 Å². The van der Waals surface area contributed by atoms with Crippen molar-refractivity contribution in [2.45, 2.75) is 6.54 Å². The Hall–Kier alpha value is -1.49. The molecule has 0 aliphatic carbocycles. The van der Waals surface area contributed by atoms with E-state index in [1.54, 1.807) is 6.07 Å². The molecule has 2 rings (SSSR count). The molecule has 9 heteroatoms. The lowest BCUT2D eigenvalue weighted by atomic mass is 10.2. The molecule has 0 spiro atoms. The van der Waals surface area contributed by atoms with E-state index < -0.39 is 5.97 Å². The molecule has 0 radical (unpaired) electrons.